The van der Waals surface area contributed by atoms with Crippen LogP contribution < -0.4 is 10.6 Å². The van der Waals surface area contributed by atoms with E-state index >= 15 is 0 Å². The number of aliphatic hydroxyl groups excluding tert-OH is 1. The lowest BCUT2D eigenvalue weighted by Gasteiger charge is -2.56. The lowest BCUT2D eigenvalue weighted by atomic mass is 9.53. The Hall–Kier alpha value is -3.39. The standard InChI is InChI=1S/C24H27N7O/c1-30-22(9-19(29-30)15-6-4-3-5-7-15)27-21-8-20(18-14-25-31(2)23(18)28-21)26-16-10-24(11-16)12-17(32)13-24/h3-9,14,16-17,32H,10-13H2,1-2H3,(H2,26,27,28). The van der Waals surface area contributed by atoms with E-state index in [2.05, 4.69) is 39.0 Å². The molecule has 0 saturated heterocycles. The lowest BCUT2D eigenvalue weighted by Crippen LogP contribution is -2.54. The van der Waals surface area contributed by atoms with Crippen LogP contribution in [0.15, 0.2) is 48.7 Å². The highest BCUT2D eigenvalue weighted by atomic mass is 16.3. The van der Waals surface area contributed by atoms with Crippen LogP contribution in [0.3, 0.4) is 0 Å². The first kappa shape index (κ1) is 19.3. The fourth-order valence-corrected chi connectivity index (χ4v) is 5.34. The fourth-order valence-electron chi connectivity index (χ4n) is 5.34. The molecule has 164 valence electrons. The minimum absolute atomic E-state index is 0.0996. The Morgan fingerprint density at radius 1 is 1.03 bits per heavy atom. The van der Waals surface area contributed by atoms with Crippen LogP contribution in [0.25, 0.3) is 22.3 Å². The van der Waals surface area contributed by atoms with Crippen LogP contribution in [0.2, 0.25) is 0 Å². The average molecular weight is 430 g/mol. The normalized spacial score (nSPS) is 24.3. The molecule has 3 heterocycles. The highest BCUT2D eigenvalue weighted by molar-refractivity contribution is 5.91. The number of benzene rings is 1. The van der Waals surface area contributed by atoms with Gasteiger partial charge in [-0.15, -0.1) is 0 Å². The fraction of sp³-hybridized carbons (Fsp3) is 0.375. The SMILES string of the molecule is Cn1nc(-c2ccccc2)cc1Nc1cc(NC2CC3(CC(O)C3)C2)c2cnn(C)c2n1. The number of hydrogen-bond donors (Lipinski definition) is 3. The van der Waals surface area contributed by atoms with Crippen molar-refractivity contribution in [1.29, 1.82) is 0 Å². The van der Waals surface area contributed by atoms with Gasteiger partial charge in [-0.3, -0.25) is 9.36 Å². The molecule has 0 radical (unpaired) electrons. The van der Waals surface area contributed by atoms with Gasteiger partial charge in [-0.1, -0.05) is 30.3 Å². The van der Waals surface area contributed by atoms with Gasteiger partial charge in [-0.2, -0.15) is 10.2 Å². The minimum Gasteiger partial charge on any atom is -0.393 e. The molecule has 8 nitrogen and oxygen atoms in total. The molecule has 1 aromatic carbocycles. The summed E-state index contributed by atoms with van der Waals surface area (Å²) in [5.41, 5.74) is 4.22. The average Bonchev–Trinajstić information content (AvgIpc) is 3.29. The second-order valence-electron chi connectivity index (χ2n) is 9.40. The maximum Gasteiger partial charge on any atom is 0.161 e. The number of nitrogens with zero attached hydrogens (tertiary/aromatic N) is 5. The molecule has 2 fully saturated rings. The van der Waals surface area contributed by atoms with E-state index < -0.39 is 0 Å². The lowest BCUT2D eigenvalue weighted by molar-refractivity contribution is -0.0867. The largest absolute Gasteiger partial charge is 0.393 e. The Balaban J connectivity index is 1.27. The number of fused-ring (bicyclic) bond motifs is 1. The Bertz CT molecular complexity index is 1280. The van der Waals surface area contributed by atoms with Gasteiger partial charge in [0.25, 0.3) is 0 Å². The molecule has 1 spiro atoms. The second kappa shape index (κ2) is 7.06. The van der Waals surface area contributed by atoms with Gasteiger partial charge in [0.2, 0.25) is 0 Å². The van der Waals surface area contributed by atoms with Gasteiger partial charge in [0.1, 0.15) is 11.6 Å². The van der Waals surface area contributed by atoms with E-state index in [-0.39, 0.29) is 6.10 Å². The predicted molar refractivity (Wildman–Crippen MR) is 125 cm³/mol. The molecule has 0 unspecified atom stereocenters. The Morgan fingerprint density at radius 2 is 1.81 bits per heavy atom. The van der Waals surface area contributed by atoms with E-state index in [4.69, 9.17) is 4.98 Å². The number of rotatable bonds is 5. The molecular formula is C24H27N7O. The summed E-state index contributed by atoms with van der Waals surface area (Å²) in [4.78, 5) is 4.81. The van der Waals surface area contributed by atoms with E-state index in [1.165, 1.54) is 0 Å². The van der Waals surface area contributed by atoms with Crippen LogP contribution >= 0.6 is 0 Å². The zero-order chi connectivity index (χ0) is 21.9. The van der Waals surface area contributed by atoms with Crippen molar-refractivity contribution >= 4 is 28.4 Å². The molecule has 4 aromatic rings. The summed E-state index contributed by atoms with van der Waals surface area (Å²) < 4.78 is 3.64. The maximum atomic E-state index is 9.69. The minimum atomic E-state index is -0.0996. The van der Waals surface area contributed by atoms with Gasteiger partial charge in [0.05, 0.1) is 29.1 Å². The summed E-state index contributed by atoms with van der Waals surface area (Å²) in [6.07, 6.45) is 5.88. The molecular weight excluding hydrogens is 402 g/mol. The van der Waals surface area contributed by atoms with Gasteiger partial charge < -0.3 is 15.7 Å². The summed E-state index contributed by atoms with van der Waals surface area (Å²) in [6.45, 7) is 0. The van der Waals surface area contributed by atoms with Crippen molar-refractivity contribution in [1.82, 2.24) is 24.5 Å². The highest BCUT2D eigenvalue weighted by Gasteiger charge is 2.52. The van der Waals surface area contributed by atoms with Gasteiger partial charge in [-0.25, -0.2) is 4.98 Å². The number of anilines is 3. The van der Waals surface area contributed by atoms with Crippen LogP contribution in [0, 0.1) is 5.41 Å². The molecule has 3 N–H and O–H groups in total. The molecule has 0 aliphatic heterocycles. The van der Waals surface area contributed by atoms with Crippen molar-refractivity contribution in [3.8, 4) is 11.3 Å². The molecule has 0 amide bonds. The van der Waals surface area contributed by atoms with Crippen molar-refractivity contribution in [3.63, 3.8) is 0 Å². The van der Waals surface area contributed by atoms with Crippen molar-refractivity contribution in [2.45, 2.75) is 37.8 Å². The number of pyridine rings is 1. The van der Waals surface area contributed by atoms with Gasteiger partial charge in [0.15, 0.2) is 5.65 Å². The second-order valence-corrected chi connectivity index (χ2v) is 9.40. The Labute approximate surface area is 186 Å². The van der Waals surface area contributed by atoms with Crippen molar-refractivity contribution in [2.24, 2.45) is 19.5 Å². The number of aromatic nitrogens is 5. The highest BCUT2D eigenvalue weighted by Crippen LogP contribution is 2.56. The van der Waals surface area contributed by atoms with Crippen LogP contribution in [0.5, 0.6) is 0 Å². The third kappa shape index (κ3) is 3.22. The van der Waals surface area contributed by atoms with E-state index in [1.807, 2.05) is 49.2 Å². The monoisotopic (exact) mass is 429 g/mol. The summed E-state index contributed by atoms with van der Waals surface area (Å²) in [6, 6.07) is 14.7. The molecule has 8 heteroatoms. The van der Waals surface area contributed by atoms with E-state index in [0.717, 1.165) is 65.3 Å². The summed E-state index contributed by atoms with van der Waals surface area (Å²) >= 11 is 0. The van der Waals surface area contributed by atoms with Crippen molar-refractivity contribution in [2.75, 3.05) is 10.6 Å². The number of hydrogen-bond acceptors (Lipinski definition) is 6. The topological polar surface area (TPSA) is 92.8 Å². The van der Waals surface area contributed by atoms with E-state index in [1.54, 1.807) is 4.68 Å². The molecule has 2 aliphatic carbocycles. The first-order valence-electron chi connectivity index (χ1n) is 11.1. The molecule has 0 bridgehead atoms. The van der Waals surface area contributed by atoms with Gasteiger partial charge in [-0.05, 0) is 31.1 Å². The van der Waals surface area contributed by atoms with Gasteiger partial charge >= 0.3 is 0 Å². The van der Waals surface area contributed by atoms with Crippen LogP contribution in [0.4, 0.5) is 17.3 Å². The first-order chi connectivity index (χ1) is 15.5. The quantitative estimate of drug-likeness (QED) is 0.447. The Kier molecular flexibility index (Phi) is 4.26. The number of aliphatic hydroxyl groups is 1. The van der Waals surface area contributed by atoms with Crippen molar-refractivity contribution < 1.29 is 5.11 Å². The van der Waals surface area contributed by atoms with Crippen LogP contribution in [-0.4, -0.2) is 41.8 Å². The third-order valence-electron chi connectivity index (χ3n) is 6.97. The molecule has 3 aromatic heterocycles. The smallest absolute Gasteiger partial charge is 0.161 e. The van der Waals surface area contributed by atoms with Crippen LogP contribution in [0.1, 0.15) is 25.7 Å². The molecule has 6 rings (SSSR count). The molecule has 2 saturated carbocycles. The Morgan fingerprint density at radius 3 is 2.56 bits per heavy atom. The predicted octanol–water partition coefficient (Wildman–Crippen LogP) is 3.83. The van der Waals surface area contributed by atoms with Crippen LogP contribution in [-0.2, 0) is 14.1 Å². The molecule has 32 heavy (non-hydrogen) atoms. The number of nitrogens with one attached hydrogen (secondary N) is 2. The maximum absolute atomic E-state index is 9.69. The first-order valence-corrected chi connectivity index (χ1v) is 11.1. The van der Waals surface area contributed by atoms with Crippen molar-refractivity contribution in [3.05, 3.63) is 48.7 Å². The van der Waals surface area contributed by atoms with E-state index in [9.17, 15) is 5.11 Å². The molecule has 0 atom stereocenters. The molecule has 2 aliphatic rings. The summed E-state index contributed by atoms with van der Waals surface area (Å²) in [7, 11) is 3.84. The summed E-state index contributed by atoms with van der Waals surface area (Å²) in [5, 5.41) is 26.9. The third-order valence-corrected chi connectivity index (χ3v) is 6.97. The summed E-state index contributed by atoms with van der Waals surface area (Å²) in [5.74, 6) is 1.62. The van der Waals surface area contributed by atoms with Gasteiger partial charge in [0, 0.05) is 37.8 Å². The zero-order valence-electron chi connectivity index (χ0n) is 18.3. The zero-order valence-corrected chi connectivity index (χ0v) is 18.3. The van der Waals surface area contributed by atoms with E-state index in [0.29, 0.717) is 11.5 Å². The number of aryl methyl sites for hydroxylation is 2.